The molecule has 0 unspecified atom stereocenters. The van der Waals surface area contributed by atoms with Gasteiger partial charge in [0.2, 0.25) is 0 Å². The fraction of sp³-hybridized carbons (Fsp3) is 0. The van der Waals surface area contributed by atoms with Crippen LogP contribution in [0.5, 0.6) is 11.5 Å². The molecule has 0 radical (unpaired) electrons. The quantitative estimate of drug-likeness (QED) is 0.198. The number of rotatable bonds is 3. The molecule has 1 aliphatic rings. The molecule has 0 bridgehead atoms. The molecule has 0 fully saturated rings. The van der Waals surface area contributed by atoms with E-state index in [1.54, 1.807) is 22.7 Å². The van der Waals surface area contributed by atoms with E-state index in [1.807, 2.05) is 30.3 Å². The molecule has 0 atom stereocenters. The van der Waals surface area contributed by atoms with Gasteiger partial charge in [0.15, 0.2) is 17.1 Å². The molecule has 0 saturated heterocycles. The second-order valence-electron chi connectivity index (χ2n) is 11.0. The minimum atomic E-state index is 0.702. The van der Waals surface area contributed by atoms with Gasteiger partial charge >= 0.3 is 0 Å². The summed E-state index contributed by atoms with van der Waals surface area (Å²) >= 11 is 3.40. The molecule has 0 N–H and O–H groups in total. The molecular weight excluding hydrogens is 595 g/mol. The topological polar surface area (TPSA) is 51.4 Å². The van der Waals surface area contributed by atoms with Crippen LogP contribution < -0.4 is 9.64 Å². The highest BCUT2D eigenvalue weighted by molar-refractivity contribution is 7.22. The minimum Gasteiger partial charge on any atom is -0.452 e. The van der Waals surface area contributed by atoms with Crippen LogP contribution in [0.25, 0.3) is 63.5 Å². The van der Waals surface area contributed by atoms with Crippen molar-refractivity contribution < 1.29 is 9.15 Å². The molecule has 0 amide bonds. The monoisotopic (exact) mass is 615 g/mol. The Hall–Kier alpha value is -5.50. The fourth-order valence-corrected chi connectivity index (χ4v) is 8.14. The van der Waals surface area contributed by atoms with Gasteiger partial charge in [0.1, 0.15) is 15.6 Å². The van der Waals surface area contributed by atoms with Gasteiger partial charge in [-0.05, 0) is 84.9 Å². The Bertz CT molecular complexity index is 2530. The first kappa shape index (κ1) is 24.9. The highest BCUT2D eigenvalue weighted by Gasteiger charge is 2.30. The van der Waals surface area contributed by atoms with Crippen LogP contribution >= 0.6 is 22.7 Å². The van der Waals surface area contributed by atoms with Gasteiger partial charge in [-0.3, -0.25) is 0 Å². The summed E-state index contributed by atoms with van der Waals surface area (Å²) < 4.78 is 15.6. The smallest absolute Gasteiger partial charge is 0.194 e. The van der Waals surface area contributed by atoms with Gasteiger partial charge in [-0.15, -0.1) is 22.7 Å². The van der Waals surface area contributed by atoms with E-state index in [4.69, 9.17) is 19.1 Å². The van der Waals surface area contributed by atoms with Crippen LogP contribution in [-0.4, -0.2) is 9.97 Å². The molecule has 0 aliphatic carbocycles. The highest BCUT2D eigenvalue weighted by Crippen LogP contribution is 2.55. The first-order valence-corrected chi connectivity index (χ1v) is 16.3. The summed E-state index contributed by atoms with van der Waals surface area (Å²) in [6.45, 7) is 0. The zero-order valence-electron chi connectivity index (χ0n) is 23.6. The summed E-state index contributed by atoms with van der Waals surface area (Å²) in [5.41, 5.74) is 8.61. The van der Waals surface area contributed by atoms with Crippen molar-refractivity contribution in [3.63, 3.8) is 0 Å². The van der Waals surface area contributed by atoms with E-state index in [2.05, 4.69) is 102 Å². The number of para-hydroxylation sites is 3. The molecule has 0 spiro atoms. The van der Waals surface area contributed by atoms with Crippen LogP contribution in [0.2, 0.25) is 0 Å². The summed E-state index contributed by atoms with van der Waals surface area (Å²) in [6.07, 6.45) is 0. The standard InChI is InChI=1S/C38H21N3O2S2/c1-4-10-31-25(7-1)26-18-20-30-36(35(26)42-31)43-32-21-23(38-40-28-9-3-6-12-34(28)45-38)15-19-29(32)41(30)24-16-13-22(14-17-24)37-39-27-8-2-5-11-33(27)44-37/h1-21H. The van der Waals surface area contributed by atoms with Crippen LogP contribution in [0.1, 0.15) is 0 Å². The normalized spacial score (nSPS) is 12.6. The maximum Gasteiger partial charge on any atom is 0.194 e. The fourth-order valence-electron chi connectivity index (χ4n) is 6.20. The molecule has 45 heavy (non-hydrogen) atoms. The van der Waals surface area contributed by atoms with Gasteiger partial charge in [-0.1, -0.05) is 42.5 Å². The minimum absolute atomic E-state index is 0.702. The van der Waals surface area contributed by atoms with Crippen molar-refractivity contribution in [3.05, 3.63) is 127 Å². The molecule has 1 aliphatic heterocycles. The Kier molecular flexibility index (Phi) is 5.25. The number of benzene rings is 6. The lowest BCUT2D eigenvalue weighted by molar-refractivity contribution is 0.471. The van der Waals surface area contributed by atoms with E-state index in [0.29, 0.717) is 5.75 Å². The number of thiazole rings is 2. The number of anilines is 3. The van der Waals surface area contributed by atoms with Crippen LogP contribution in [0.4, 0.5) is 17.1 Å². The lowest BCUT2D eigenvalue weighted by atomic mass is 10.1. The lowest BCUT2D eigenvalue weighted by Crippen LogP contribution is -2.16. The molecule has 4 heterocycles. The third-order valence-electron chi connectivity index (χ3n) is 8.34. The SMILES string of the molecule is c1ccc2sc(-c3ccc(N4c5ccc(-c6nc7ccccc7s6)cc5Oc5c4ccc4c5oc5ccccc54)cc3)nc2c1. The Morgan fingerprint density at radius 2 is 1.20 bits per heavy atom. The van der Waals surface area contributed by atoms with Crippen molar-refractivity contribution in [2.45, 2.75) is 0 Å². The van der Waals surface area contributed by atoms with E-state index < -0.39 is 0 Å². The summed E-state index contributed by atoms with van der Waals surface area (Å²) in [5.74, 6) is 1.45. The Balaban J connectivity index is 1.14. The zero-order valence-corrected chi connectivity index (χ0v) is 25.2. The van der Waals surface area contributed by atoms with E-state index >= 15 is 0 Å². The molecule has 9 aromatic rings. The van der Waals surface area contributed by atoms with Crippen LogP contribution in [0.15, 0.2) is 132 Å². The van der Waals surface area contributed by atoms with Gasteiger partial charge in [0.25, 0.3) is 0 Å². The van der Waals surface area contributed by atoms with Crippen molar-refractivity contribution in [3.8, 4) is 32.6 Å². The number of fused-ring (bicyclic) bond motifs is 8. The molecular formula is C38H21N3O2S2. The second kappa shape index (κ2) is 9.50. The maximum absolute atomic E-state index is 6.77. The van der Waals surface area contributed by atoms with Crippen molar-refractivity contribution >= 4 is 82.1 Å². The highest BCUT2D eigenvalue weighted by atomic mass is 32.1. The number of aromatic nitrogens is 2. The predicted molar refractivity (Wildman–Crippen MR) is 186 cm³/mol. The molecule has 3 aromatic heterocycles. The van der Waals surface area contributed by atoms with E-state index in [0.717, 1.165) is 81.6 Å². The number of furan rings is 1. The molecule has 10 rings (SSSR count). The molecule has 0 saturated carbocycles. The number of hydrogen-bond donors (Lipinski definition) is 0. The van der Waals surface area contributed by atoms with Crippen molar-refractivity contribution in [1.82, 2.24) is 9.97 Å². The average molecular weight is 616 g/mol. The maximum atomic E-state index is 6.77. The number of ether oxygens (including phenoxy) is 1. The summed E-state index contributed by atoms with van der Waals surface area (Å²) in [5, 5.41) is 4.07. The number of nitrogens with zero attached hydrogens (tertiary/aromatic N) is 3. The summed E-state index contributed by atoms with van der Waals surface area (Å²) in [6, 6.07) is 43.9. The molecule has 5 nitrogen and oxygen atoms in total. The Labute approximate surface area is 265 Å². The van der Waals surface area contributed by atoms with E-state index in [9.17, 15) is 0 Å². The Morgan fingerprint density at radius 3 is 1.96 bits per heavy atom. The van der Waals surface area contributed by atoms with Gasteiger partial charge in [0.05, 0.1) is 31.8 Å². The first-order valence-electron chi connectivity index (χ1n) is 14.7. The molecule has 6 aromatic carbocycles. The first-order chi connectivity index (χ1) is 22.3. The summed E-state index contributed by atoms with van der Waals surface area (Å²) in [7, 11) is 0. The average Bonchev–Trinajstić information content (AvgIpc) is 3.82. The van der Waals surface area contributed by atoms with E-state index in [-0.39, 0.29) is 0 Å². The molecule has 7 heteroatoms. The van der Waals surface area contributed by atoms with Gasteiger partial charge in [-0.2, -0.15) is 0 Å². The van der Waals surface area contributed by atoms with Gasteiger partial charge in [-0.25, -0.2) is 9.97 Å². The summed E-state index contributed by atoms with van der Waals surface area (Å²) in [4.78, 5) is 12.0. The van der Waals surface area contributed by atoms with Crippen LogP contribution in [0, 0.1) is 0 Å². The predicted octanol–water partition coefficient (Wildman–Crippen LogP) is 11.7. The second-order valence-corrected chi connectivity index (χ2v) is 13.1. The zero-order chi connectivity index (χ0) is 29.5. The number of hydrogen-bond acceptors (Lipinski definition) is 7. The largest absolute Gasteiger partial charge is 0.452 e. The lowest BCUT2D eigenvalue weighted by Gasteiger charge is -2.33. The van der Waals surface area contributed by atoms with Crippen molar-refractivity contribution in [2.75, 3.05) is 4.90 Å². The van der Waals surface area contributed by atoms with E-state index in [1.165, 1.54) is 4.70 Å². The Morgan fingerprint density at radius 1 is 0.556 bits per heavy atom. The molecule has 212 valence electrons. The van der Waals surface area contributed by atoms with Crippen LogP contribution in [-0.2, 0) is 0 Å². The van der Waals surface area contributed by atoms with Gasteiger partial charge < -0.3 is 14.1 Å². The van der Waals surface area contributed by atoms with Crippen molar-refractivity contribution in [2.24, 2.45) is 0 Å². The van der Waals surface area contributed by atoms with Crippen LogP contribution in [0.3, 0.4) is 0 Å². The third-order valence-corrected chi connectivity index (χ3v) is 10.5. The third kappa shape index (κ3) is 3.84. The van der Waals surface area contributed by atoms with Gasteiger partial charge in [0, 0.05) is 27.6 Å². The van der Waals surface area contributed by atoms with Crippen molar-refractivity contribution in [1.29, 1.82) is 0 Å².